The molecule has 5 nitrogen and oxygen atoms in total. The number of hydrogen-bond donors (Lipinski definition) is 2. The van der Waals surface area contributed by atoms with Gasteiger partial charge in [-0.25, -0.2) is 4.98 Å². The van der Waals surface area contributed by atoms with Crippen LogP contribution in [-0.4, -0.2) is 41.0 Å². The lowest BCUT2D eigenvalue weighted by atomic mass is 9.80. The Morgan fingerprint density at radius 1 is 1.08 bits per heavy atom. The van der Waals surface area contributed by atoms with Crippen LogP contribution in [0.25, 0.3) is 0 Å². The number of anilines is 2. The molecule has 2 N–H and O–H groups in total. The fraction of sp³-hybridized carbons (Fsp3) is 0.700. The summed E-state index contributed by atoms with van der Waals surface area (Å²) in [6, 6.07) is 5.11. The molecule has 0 unspecified atom stereocenters. The molecule has 2 aliphatic carbocycles. The maximum atomic E-state index is 12.4. The van der Waals surface area contributed by atoms with Crippen molar-refractivity contribution >= 4 is 17.4 Å². The van der Waals surface area contributed by atoms with Crippen molar-refractivity contribution in [3.8, 4) is 0 Å². The number of piperidine rings is 2. The van der Waals surface area contributed by atoms with Gasteiger partial charge in [-0.15, -0.1) is 0 Å². The van der Waals surface area contributed by atoms with Crippen LogP contribution in [0, 0.1) is 5.92 Å². The van der Waals surface area contributed by atoms with E-state index in [2.05, 4.69) is 20.5 Å². The minimum atomic E-state index is 0.0855. The van der Waals surface area contributed by atoms with Gasteiger partial charge in [-0.05, 0) is 56.6 Å². The number of pyridine rings is 1. The topological polar surface area (TPSA) is 57.3 Å². The Balaban J connectivity index is 1.26. The first-order valence-electron chi connectivity index (χ1n) is 10.0. The van der Waals surface area contributed by atoms with Crippen molar-refractivity contribution in [1.82, 2.24) is 9.88 Å². The SMILES string of the molecule is O=C(CN1CC2CCC1CC2)Nc1ccc(NC2CCCCC2)nc1. The van der Waals surface area contributed by atoms with Crippen molar-refractivity contribution in [2.45, 2.75) is 69.9 Å². The molecule has 136 valence electrons. The Labute approximate surface area is 150 Å². The van der Waals surface area contributed by atoms with E-state index >= 15 is 0 Å². The van der Waals surface area contributed by atoms with Crippen LogP contribution in [0.2, 0.25) is 0 Å². The van der Waals surface area contributed by atoms with Crippen LogP contribution in [0.1, 0.15) is 57.8 Å². The van der Waals surface area contributed by atoms with Crippen molar-refractivity contribution in [3.63, 3.8) is 0 Å². The van der Waals surface area contributed by atoms with Crippen LogP contribution in [0.3, 0.4) is 0 Å². The third-order valence-electron chi connectivity index (χ3n) is 6.18. The molecule has 1 amide bonds. The summed E-state index contributed by atoms with van der Waals surface area (Å²) in [5.41, 5.74) is 0.793. The highest BCUT2D eigenvalue weighted by Crippen LogP contribution is 2.34. The van der Waals surface area contributed by atoms with Crippen LogP contribution in [-0.2, 0) is 4.79 Å². The minimum absolute atomic E-state index is 0.0855. The number of aromatic nitrogens is 1. The van der Waals surface area contributed by atoms with E-state index in [4.69, 9.17) is 0 Å². The maximum absolute atomic E-state index is 12.4. The molecule has 4 fully saturated rings. The van der Waals surface area contributed by atoms with Crippen LogP contribution >= 0.6 is 0 Å². The molecule has 25 heavy (non-hydrogen) atoms. The molecule has 2 saturated heterocycles. The monoisotopic (exact) mass is 342 g/mol. The van der Waals surface area contributed by atoms with Gasteiger partial charge in [-0.2, -0.15) is 0 Å². The van der Waals surface area contributed by atoms with Crippen LogP contribution in [0.15, 0.2) is 18.3 Å². The van der Waals surface area contributed by atoms with Crippen LogP contribution in [0.4, 0.5) is 11.5 Å². The Hall–Kier alpha value is -1.62. The fourth-order valence-electron chi connectivity index (χ4n) is 4.76. The molecule has 3 heterocycles. The van der Waals surface area contributed by atoms with Gasteiger partial charge in [0, 0.05) is 18.6 Å². The second-order valence-corrected chi connectivity index (χ2v) is 8.06. The number of carbonyl (C=O) groups is 1. The van der Waals surface area contributed by atoms with Gasteiger partial charge in [0.1, 0.15) is 5.82 Å². The predicted octanol–water partition coefficient (Wildman–Crippen LogP) is 3.64. The van der Waals surface area contributed by atoms with E-state index in [1.165, 1.54) is 57.8 Å². The lowest BCUT2D eigenvalue weighted by molar-refractivity contribution is -0.119. The van der Waals surface area contributed by atoms with E-state index in [1.807, 2.05) is 12.1 Å². The molecule has 5 heteroatoms. The third kappa shape index (κ3) is 4.32. The Bertz CT molecular complexity index is 574. The Morgan fingerprint density at radius 3 is 2.52 bits per heavy atom. The van der Waals surface area contributed by atoms with Crippen molar-refractivity contribution in [2.24, 2.45) is 5.92 Å². The minimum Gasteiger partial charge on any atom is -0.367 e. The average Bonchev–Trinajstić information content (AvgIpc) is 2.65. The summed E-state index contributed by atoms with van der Waals surface area (Å²) < 4.78 is 0. The van der Waals surface area contributed by atoms with E-state index in [0.717, 1.165) is 24.0 Å². The third-order valence-corrected chi connectivity index (χ3v) is 6.18. The molecule has 2 aliphatic heterocycles. The normalized spacial score (nSPS) is 27.2. The zero-order valence-electron chi connectivity index (χ0n) is 15.0. The largest absolute Gasteiger partial charge is 0.367 e. The van der Waals surface area contributed by atoms with Gasteiger partial charge in [0.25, 0.3) is 0 Å². The summed E-state index contributed by atoms with van der Waals surface area (Å²) >= 11 is 0. The van der Waals surface area contributed by atoms with E-state index < -0.39 is 0 Å². The first kappa shape index (κ1) is 16.8. The Morgan fingerprint density at radius 2 is 1.88 bits per heavy atom. The fourth-order valence-corrected chi connectivity index (χ4v) is 4.76. The molecule has 1 aromatic rings. The van der Waals surface area contributed by atoms with Gasteiger partial charge in [0.2, 0.25) is 5.91 Å². The predicted molar refractivity (Wildman–Crippen MR) is 101 cm³/mol. The molecule has 4 aliphatic rings. The first-order chi connectivity index (χ1) is 12.3. The number of carbonyl (C=O) groups excluding carboxylic acids is 1. The Kier molecular flexibility index (Phi) is 5.20. The highest BCUT2D eigenvalue weighted by Gasteiger charge is 2.34. The van der Waals surface area contributed by atoms with Crippen molar-refractivity contribution in [3.05, 3.63) is 18.3 Å². The summed E-state index contributed by atoms with van der Waals surface area (Å²) in [4.78, 5) is 19.2. The lowest BCUT2D eigenvalue weighted by Crippen LogP contribution is -2.50. The zero-order chi connectivity index (χ0) is 17.1. The molecule has 5 rings (SSSR count). The van der Waals surface area contributed by atoms with E-state index in [9.17, 15) is 4.79 Å². The van der Waals surface area contributed by atoms with E-state index in [1.54, 1.807) is 6.20 Å². The number of rotatable bonds is 5. The van der Waals surface area contributed by atoms with Gasteiger partial charge in [0.05, 0.1) is 18.4 Å². The quantitative estimate of drug-likeness (QED) is 0.858. The van der Waals surface area contributed by atoms with Gasteiger partial charge < -0.3 is 10.6 Å². The highest BCUT2D eigenvalue weighted by atomic mass is 16.2. The number of fused-ring (bicyclic) bond motifs is 3. The molecular formula is C20H30N4O. The summed E-state index contributed by atoms with van der Waals surface area (Å²) in [5, 5.41) is 6.52. The highest BCUT2D eigenvalue weighted by molar-refractivity contribution is 5.92. The second-order valence-electron chi connectivity index (χ2n) is 8.06. The zero-order valence-corrected chi connectivity index (χ0v) is 15.0. The lowest BCUT2D eigenvalue weighted by Gasteiger charge is -2.44. The van der Waals surface area contributed by atoms with E-state index in [0.29, 0.717) is 18.6 Å². The molecule has 1 aromatic heterocycles. The summed E-state index contributed by atoms with van der Waals surface area (Å²) in [5.74, 6) is 1.81. The summed E-state index contributed by atoms with van der Waals surface area (Å²) in [6.07, 6.45) is 13.4. The number of nitrogens with zero attached hydrogens (tertiary/aromatic N) is 2. The molecule has 0 aromatic carbocycles. The molecule has 2 saturated carbocycles. The number of amides is 1. The molecule has 0 radical (unpaired) electrons. The van der Waals surface area contributed by atoms with Gasteiger partial charge in [0.15, 0.2) is 0 Å². The average molecular weight is 342 g/mol. The molecule has 0 spiro atoms. The number of nitrogens with one attached hydrogen (secondary N) is 2. The smallest absolute Gasteiger partial charge is 0.238 e. The molecule has 2 bridgehead atoms. The summed E-state index contributed by atoms with van der Waals surface area (Å²) in [7, 11) is 0. The second kappa shape index (κ2) is 7.73. The maximum Gasteiger partial charge on any atom is 0.238 e. The van der Waals surface area contributed by atoms with Crippen LogP contribution < -0.4 is 10.6 Å². The van der Waals surface area contributed by atoms with Crippen molar-refractivity contribution in [1.29, 1.82) is 0 Å². The van der Waals surface area contributed by atoms with Gasteiger partial charge in [-0.1, -0.05) is 19.3 Å². The number of hydrogen-bond acceptors (Lipinski definition) is 4. The van der Waals surface area contributed by atoms with E-state index in [-0.39, 0.29) is 5.91 Å². The standard InChI is InChI=1S/C20H30N4O/c25-20(14-24-13-15-6-9-18(24)10-7-15)23-17-8-11-19(21-12-17)22-16-4-2-1-3-5-16/h8,11-12,15-16,18H,1-7,9-10,13-14H2,(H,21,22)(H,23,25). The molecule has 0 atom stereocenters. The summed E-state index contributed by atoms with van der Waals surface area (Å²) in [6.45, 7) is 1.61. The van der Waals surface area contributed by atoms with Crippen molar-refractivity contribution in [2.75, 3.05) is 23.7 Å². The van der Waals surface area contributed by atoms with Crippen molar-refractivity contribution < 1.29 is 4.79 Å². The van der Waals surface area contributed by atoms with Crippen LogP contribution in [0.5, 0.6) is 0 Å². The van der Waals surface area contributed by atoms with Gasteiger partial charge in [-0.3, -0.25) is 9.69 Å². The first-order valence-corrected chi connectivity index (χ1v) is 10.0. The molecular weight excluding hydrogens is 312 g/mol. The van der Waals surface area contributed by atoms with Gasteiger partial charge >= 0.3 is 0 Å².